The van der Waals surface area contributed by atoms with Gasteiger partial charge < -0.3 is 0 Å². The SMILES string of the molecule is CS(=O)c1cc(S(C)=O)c(S)c(S(C)=O)c1.[Na+]. The summed E-state index contributed by atoms with van der Waals surface area (Å²) in [4.78, 5) is 1.92. The Hall–Kier alpha value is 1.02. The molecule has 0 radical (unpaired) electrons. The minimum atomic E-state index is -1.24. The molecule has 0 N–H and O–H groups in total. The quantitative estimate of drug-likeness (QED) is 0.528. The van der Waals surface area contributed by atoms with Gasteiger partial charge in [-0.25, -0.2) is 0 Å². The van der Waals surface area contributed by atoms with Crippen LogP contribution in [-0.2, 0) is 32.4 Å². The molecule has 1 rings (SSSR count). The smallest absolute Gasteiger partial charge is 0.255 e. The minimum absolute atomic E-state index is 0. The first-order valence-electron chi connectivity index (χ1n) is 4.22. The molecule has 0 saturated heterocycles. The van der Waals surface area contributed by atoms with Crippen molar-refractivity contribution in [2.45, 2.75) is 19.6 Å². The summed E-state index contributed by atoms with van der Waals surface area (Å²) in [5, 5.41) is 0. The minimum Gasteiger partial charge on any atom is -0.255 e. The van der Waals surface area contributed by atoms with E-state index in [2.05, 4.69) is 12.6 Å². The fourth-order valence-corrected chi connectivity index (χ4v) is 4.19. The van der Waals surface area contributed by atoms with Gasteiger partial charge in [0.05, 0.1) is 31.4 Å². The molecule has 0 fully saturated rings. The summed E-state index contributed by atoms with van der Waals surface area (Å²) in [6.45, 7) is 0. The summed E-state index contributed by atoms with van der Waals surface area (Å²) >= 11 is 4.22. The zero-order valence-electron chi connectivity index (χ0n) is 10.1. The molecule has 1 aromatic carbocycles. The first-order chi connectivity index (χ1) is 7.34. The van der Waals surface area contributed by atoms with E-state index in [1.807, 2.05) is 0 Å². The third-order valence-electron chi connectivity index (χ3n) is 1.96. The monoisotopic (exact) mass is 319 g/mol. The van der Waals surface area contributed by atoms with Gasteiger partial charge in [0.25, 0.3) is 0 Å². The predicted octanol–water partition coefficient (Wildman–Crippen LogP) is -1.81. The Balaban J connectivity index is 0.00000256. The van der Waals surface area contributed by atoms with E-state index in [0.29, 0.717) is 19.6 Å². The normalized spacial score (nSPS) is 15.8. The molecule has 3 nitrogen and oxygen atoms in total. The van der Waals surface area contributed by atoms with Crippen molar-refractivity contribution < 1.29 is 42.2 Å². The van der Waals surface area contributed by atoms with E-state index in [1.165, 1.54) is 18.8 Å². The second-order valence-electron chi connectivity index (χ2n) is 3.13. The second-order valence-corrected chi connectivity index (χ2v) is 7.65. The van der Waals surface area contributed by atoms with Crippen LogP contribution in [0.5, 0.6) is 0 Å². The Bertz CT molecular complexity index is 466. The zero-order chi connectivity index (χ0) is 12.5. The van der Waals surface area contributed by atoms with Crippen LogP contribution in [0, 0.1) is 0 Å². The predicted molar refractivity (Wildman–Crippen MR) is 70.7 cm³/mol. The first kappa shape index (κ1) is 18.0. The van der Waals surface area contributed by atoms with Crippen molar-refractivity contribution in [3.8, 4) is 0 Å². The van der Waals surface area contributed by atoms with Gasteiger partial charge >= 0.3 is 29.6 Å². The van der Waals surface area contributed by atoms with Crippen LogP contribution in [0.2, 0.25) is 0 Å². The van der Waals surface area contributed by atoms with E-state index in [4.69, 9.17) is 0 Å². The van der Waals surface area contributed by atoms with Gasteiger partial charge in [-0.15, -0.1) is 12.6 Å². The van der Waals surface area contributed by atoms with Gasteiger partial charge in [0.1, 0.15) is 0 Å². The van der Waals surface area contributed by atoms with Crippen molar-refractivity contribution in [1.29, 1.82) is 0 Å². The van der Waals surface area contributed by atoms with Crippen molar-refractivity contribution in [2.75, 3.05) is 18.8 Å². The molecule has 0 saturated carbocycles. The molecule has 0 bridgehead atoms. The molecule has 17 heavy (non-hydrogen) atoms. The third kappa shape index (κ3) is 4.56. The number of hydrogen-bond acceptors (Lipinski definition) is 4. The van der Waals surface area contributed by atoms with Gasteiger partial charge in [-0.1, -0.05) is 0 Å². The van der Waals surface area contributed by atoms with E-state index >= 15 is 0 Å². The fraction of sp³-hybridized carbons (Fsp3) is 0.333. The molecule has 90 valence electrons. The van der Waals surface area contributed by atoms with E-state index in [0.717, 1.165) is 0 Å². The molecule has 0 aliphatic carbocycles. The molecule has 3 atom stereocenters. The summed E-state index contributed by atoms with van der Waals surface area (Å²) < 4.78 is 34.4. The molecule has 1 aromatic rings. The molecule has 0 spiro atoms. The topological polar surface area (TPSA) is 51.2 Å². The van der Waals surface area contributed by atoms with Gasteiger partial charge in [0.2, 0.25) is 0 Å². The Kier molecular flexibility index (Phi) is 8.02. The molecule has 0 aliphatic rings. The second kappa shape index (κ2) is 7.57. The largest absolute Gasteiger partial charge is 1.00 e. The van der Waals surface area contributed by atoms with Gasteiger partial charge in [-0.2, -0.15) is 0 Å². The van der Waals surface area contributed by atoms with E-state index in [1.54, 1.807) is 12.1 Å². The molecule has 0 aromatic heterocycles. The van der Waals surface area contributed by atoms with Crippen molar-refractivity contribution in [2.24, 2.45) is 0 Å². The van der Waals surface area contributed by atoms with Gasteiger partial charge in [0, 0.05) is 39.4 Å². The van der Waals surface area contributed by atoms with Crippen LogP contribution in [0.25, 0.3) is 0 Å². The Morgan fingerprint density at radius 2 is 1.24 bits per heavy atom. The van der Waals surface area contributed by atoms with Crippen molar-refractivity contribution in [3.05, 3.63) is 12.1 Å². The van der Waals surface area contributed by atoms with Gasteiger partial charge in [-0.3, -0.25) is 12.6 Å². The Morgan fingerprint density at radius 1 is 0.882 bits per heavy atom. The number of benzene rings is 1. The first-order valence-corrected chi connectivity index (χ1v) is 9.34. The average Bonchev–Trinajstić information content (AvgIpc) is 2.16. The van der Waals surface area contributed by atoms with Crippen LogP contribution < -0.4 is 29.6 Å². The molecule has 0 aliphatic heterocycles. The zero-order valence-corrected chi connectivity index (χ0v) is 15.4. The van der Waals surface area contributed by atoms with Crippen molar-refractivity contribution in [3.63, 3.8) is 0 Å². The number of thiol groups is 1. The van der Waals surface area contributed by atoms with Crippen LogP contribution in [0.3, 0.4) is 0 Å². The molecule has 0 amide bonds. The molecule has 0 heterocycles. The van der Waals surface area contributed by atoms with Crippen LogP contribution in [0.1, 0.15) is 0 Å². The van der Waals surface area contributed by atoms with Crippen LogP contribution in [0.4, 0.5) is 0 Å². The third-order valence-corrected chi connectivity index (χ3v) is 5.53. The summed E-state index contributed by atoms with van der Waals surface area (Å²) in [6, 6.07) is 3.18. The maximum Gasteiger partial charge on any atom is 1.00 e. The molecule has 3 unspecified atom stereocenters. The van der Waals surface area contributed by atoms with E-state index < -0.39 is 32.4 Å². The van der Waals surface area contributed by atoms with Gasteiger partial charge in [-0.05, 0) is 12.1 Å². The number of hydrogen-bond donors (Lipinski definition) is 1. The summed E-state index contributed by atoms with van der Waals surface area (Å²) in [7, 11) is -3.67. The summed E-state index contributed by atoms with van der Waals surface area (Å²) in [5.41, 5.74) is 0. The fourth-order valence-electron chi connectivity index (χ4n) is 1.16. The Morgan fingerprint density at radius 3 is 1.47 bits per heavy atom. The molecular weight excluding hydrogens is 307 g/mol. The summed E-state index contributed by atoms with van der Waals surface area (Å²) in [6.07, 6.45) is 4.55. The van der Waals surface area contributed by atoms with Crippen molar-refractivity contribution >= 4 is 45.0 Å². The average molecular weight is 319 g/mol. The standard InChI is InChI=1S/C9H12O3S4.Na/c1-14(10)6-4-7(15(2)11)9(13)8(5-6)16(3)12;/h4-5,13H,1-3H3;/q;+1. The molecule has 8 heteroatoms. The Labute approximate surface area is 136 Å². The maximum atomic E-state index is 11.5. The molecular formula is C9H12NaO3S4+. The van der Waals surface area contributed by atoms with Gasteiger partial charge in [0.15, 0.2) is 0 Å². The van der Waals surface area contributed by atoms with Crippen LogP contribution in [-0.4, -0.2) is 31.4 Å². The van der Waals surface area contributed by atoms with Crippen molar-refractivity contribution in [1.82, 2.24) is 0 Å². The van der Waals surface area contributed by atoms with E-state index in [9.17, 15) is 12.6 Å². The van der Waals surface area contributed by atoms with Crippen LogP contribution in [0.15, 0.2) is 31.7 Å². The summed E-state index contributed by atoms with van der Waals surface area (Å²) in [5.74, 6) is 0. The van der Waals surface area contributed by atoms with Crippen LogP contribution >= 0.6 is 12.6 Å². The number of rotatable bonds is 3. The maximum absolute atomic E-state index is 11.5. The van der Waals surface area contributed by atoms with E-state index in [-0.39, 0.29) is 29.6 Å².